The van der Waals surface area contributed by atoms with Crippen LogP contribution in [0.4, 0.5) is 0 Å². The van der Waals surface area contributed by atoms with Crippen molar-refractivity contribution in [3.8, 4) is 0 Å². The van der Waals surface area contributed by atoms with E-state index in [4.69, 9.17) is 14.6 Å². The monoisotopic (exact) mass is 528 g/mol. The molecule has 1 aliphatic heterocycles. The van der Waals surface area contributed by atoms with E-state index in [0.29, 0.717) is 37.9 Å². The van der Waals surface area contributed by atoms with Gasteiger partial charge in [-0.3, -0.25) is 9.59 Å². The molecule has 4 fully saturated rings. The molecule has 2 unspecified atom stereocenters. The summed E-state index contributed by atoms with van der Waals surface area (Å²) in [4.78, 5) is 35.8. The average Bonchev–Trinajstić information content (AvgIpc) is 2.87. The van der Waals surface area contributed by atoms with Gasteiger partial charge in [0.2, 0.25) is 0 Å². The van der Waals surface area contributed by atoms with Crippen molar-refractivity contribution in [1.82, 2.24) is 0 Å². The van der Waals surface area contributed by atoms with Crippen molar-refractivity contribution in [1.29, 1.82) is 0 Å². The number of allylic oxidation sites excluding steroid dienone is 1. The van der Waals surface area contributed by atoms with Crippen LogP contribution in [0.25, 0.3) is 0 Å². The zero-order valence-electron chi connectivity index (χ0n) is 23.1. The highest BCUT2D eigenvalue weighted by Gasteiger charge is 2.88. The highest BCUT2D eigenvalue weighted by atomic mass is 16.5. The van der Waals surface area contributed by atoms with Crippen molar-refractivity contribution in [2.24, 2.45) is 22.2 Å². The topological polar surface area (TPSA) is 130 Å². The van der Waals surface area contributed by atoms with Gasteiger partial charge in [0.15, 0.2) is 11.9 Å². The predicted octanol–water partition coefficient (Wildman–Crippen LogP) is 3.94. The molecule has 0 bridgehead atoms. The summed E-state index contributed by atoms with van der Waals surface area (Å²) in [6.45, 7) is 11.7. The van der Waals surface area contributed by atoms with Crippen LogP contribution in [0.5, 0.6) is 0 Å². The smallest absolute Gasteiger partial charge is 0.335 e. The number of rotatable bonds is 2. The summed E-state index contributed by atoms with van der Waals surface area (Å²) in [6, 6.07) is 8.30. The van der Waals surface area contributed by atoms with E-state index in [1.54, 1.807) is 30.3 Å². The molecule has 1 heterocycles. The van der Waals surface area contributed by atoms with Crippen LogP contribution < -0.4 is 0 Å². The molecule has 0 aromatic heterocycles. The number of hydrogen-bond acceptors (Lipinski definition) is 7. The SMILES string of the molecule is CC.CC(=O)O[C@H]1C(=O)C2(C)[C@@H](O)C[C@H]3OC[C@H]3C23C[C@]2(O)CCC(C)=C1[C@]32C.O=C(O)c1ccccc1. The number of carbonyl (C=O) groups is 3. The number of fused-ring (bicyclic) bond motifs is 1. The van der Waals surface area contributed by atoms with E-state index in [-0.39, 0.29) is 17.8 Å². The second kappa shape index (κ2) is 9.57. The Kier molecular flexibility index (Phi) is 7.17. The van der Waals surface area contributed by atoms with Gasteiger partial charge >= 0.3 is 11.9 Å². The lowest BCUT2D eigenvalue weighted by molar-refractivity contribution is -0.385. The lowest BCUT2D eigenvalue weighted by atomic mass is 9.22. The molecule has 8 nitrogen and oxygen atoms in total. The molecule has 0 amide bonds. The van der Waals surface area contributed by atoms with Crippen molar-refractivity contribution in [3.05, 3.63) is 47.0 Å². The molecule has 1 aromatic carbocycles. The number of carboxylic acid groups (broad SMARTS) is 1. The second-order valence-corrected chi connectivity index (χ2v) is 11.5. The van der Waals surface area contributed by atoms with Crippen LogP contribution in [-0.4, -0.2) is 63.6 Å². The fraction of sp³-hybridized carbons (Fsp3) is 0.633. The molecule has 1 saturated heterocycles. The highest BCUT2D eigenvalue weighted by molar-refractivity contribution is 5.97. The van der Waals surface area contributed by atoms with E-state index in [9.17, 15) is 24.6 Å². The summed E-state index contributed by atoms with van der Waals surface area (Å²) in [6.07, 6.45) is 0.242. The molecule has 0 radical (unpaired) electrons. The van der Waals surface area contributed by atoms with Gasteiger partial charge in [0, 0.05) is 30.1 Å². The van der Waals surface area contributed by atoms with E-state index in [0.717, 1.165) is 11.1 Å². The molecule has 208 valence electrons. The largest absolute Gasteiger partial charge is 0.478 e. The van der Waals surface area contributed by atoms with Crippen molar-refractivity contribution in [2.75, 3.05) is 6.61 Å². The number of aliphatic hydroxyl groups is 2. The molecular weight excluding hydrogens is 488 g/mol. The number of aromatic carboxylic acids is 1. The maximum atomic E-state index is 13.8. The van der Waals surface area contributed by atoms with Gasteiger partial charge in [-0.25, -0.2) is 4.79 Å². The molecule has 8 heteroatoms. The minimum atomic E-state index is -1.07. The van der Waals surface area contributed by atoms with E-state index in [1.807, 2.05) is 34.6 Å². The van der Waals surface area contributed by atoms with E-state index >= 15 is 0 Å². The van der Waals surface area contributed by atoms with Gasteiger partial charge in [-0.1, -0.05) is 44.5 Å². The maximum Gasteiger partial charge on any atom is 0.335 e. The van der Waals surface area contributed by atoms with Gasteiger partial charge in [-0.05, 0) is 50.8 Å². The summed E-state index contributed by atoms with van der Waals surface area (Å²) < 4.78 is 11.3. The Morgan fingerprint density at radius 1 is 1.13 bits per heavy atom. The number of carbonyl (C=O) groups excluding carboxylic acids is 2. The summed E-state index contributed by atoms with van der Waals surface area (Å²) in [5.41, 5.74) is -1.16. The van der Waals surface area contributed by atoms with Gasteiger partial charge in [0.1, 0.15) is 0 Å². The number of hydrogen-bond donors (Lipinski definition) is 3. The molecule has 1 spiro atoms. The Bertz CT molecular complexity index is 1160. The quantitative estimate of drug-likeness (QED) is 0.389. The molecule has 1 aromatic rings. The Hall–Kier alpha value is -2.55. The fourth-order valence-electron chi connectivity index (χ4n) is 8.40. The number of aliphatic hydroxyl groups excluding tert-OH is 1. The zero-order chi connectivity index (χ0) is 28.3. The number of Topliss-reactive ketones (excluding diaryl/α,β-unsaturated/α-hetero) is 1. The standard InChI is InChI=1S/C21H28O6.C7H6O2.C2H6/c1-10-5-6-20(25)9-21-12-8-26-13(12)7-14(23)18(21,3)17(24)16(27-11(2)22)15(10)19(20,21)4;8-7(9)6-4-2-1-3-5-6;1-2/h12-14,16,23,25H,5-9H2,1-4H3;1-5H,(H,8,9);1-2H3/t12-,13-,14+,16-,18?,19+,20-,21?;;/m1../s1. The van der Waals surface area contributed by atoms with Crippen LogP contribution in [-0.2, 0) is 19.1 Å². The molecule has 5 aliphatic rings. The number of ketones is 1. The van der Waals surface area contributed by atoms with Crippen LogP contribution >= 0.6 is 0 Å². The summed E-state index contributed by atoms with van der Waals surface area (Å²) in [5.74, 6) is -1.49. The van der Waals surface area contributed by atoms with Crippen LogP contribution in [0.15, 0.2) is 41.5 Å². The third-order valence-corrected chi connectivity index (χ3v) is 10.2. The normalized spacial score (nSPS) is 41.7. The molecule has 4 aliphatic carbocycles. The number of carboxylic acids is 1. The Labute approximate surface area is 224 Å². The first kappa shape index (κ1) is 28.5. The number of benzene rings is 1. The number of ether oxygens (including phenoxy) is 2. The minimum Gasteiger partial charge on any atom is -0.478 e. The third kappa shape index (κ3) is 3.42. The summed E-state index contributed by atoms with van der Waals surface area (Å²) in [7, 11) is 0. The molecule has 3 saturated carbocycles. The van der Waals surface area contributed by atoms with Gasteiger partial charge in [-0.2, -0.15) is 0 Å². The molecular formula is C30H40O8. The molecule has 38 heavy (non-hydrogen) atoms. The van der Waals surface area contributed by atoms with Crippen LogP contribution in [0.1, 0.15) is 77.6 Å². The first-order valence-corrected chi connectivity index (χ1v) is 13.6. The lowest BCUT2D eigenvalue weighted by Gasteiger charge is -2.82. The Morgan fingerprint density at radius 2 is 1.76 bits per heavy atom. The first-order chi connectivity index (χ1) is 17.8. The molecule has 6 rings (SSSR count). The molecule has 3 N–H and O–H groups in total. The Balaban J connectivity index is 0.000000259. The second-order valence-electron chi connectivity index (χ2n) is 11.5. The third-order valence-electron chi connectivity index (χ3n) is 10.2. The van der Waals surface area contributed by atoms with Crippen LogP contribution in [0, 0.1) is 22.2 Å². The van der Waals surface area contributed by atoms with Crippen molar-refractivity contribution in [3.63, 3.8) is 0 Å². The average molecular weight is 529 g/mol. The van der Waals surface area contributed by atoms with E-state index in [1.165, 1.54) is 6.92 Å². The van der Waals surface area contributed by atoms with Crippen LogP contribution in [0.3, 0.4) is 0 Å². The van der Waals surface area contributed by atoms with E-state index < -0.39 is 46.0 Å². The van der Waals surface area contributed by atoms with Crippen LogP contribution in [0.2, 0.25) is 0 Å². The van der Waals surface area contributed by atoms with Crippen molar-refractivity contribution >= 4 is 17.7 Å². The lowest BCUT2D eigenvalue weighted by Crippen LogP contribution is -2.88. The molecule has 8 atom stereocenters. The van der Waals surface area contributed by atoms with E-state index in [2.05, 4.69) is 0 Å². The number of esters is 1. The van der Waals surface area contributed by atoms with Gasteiger partial charge < -0.3 is 24.8 Å². The van der Waals surface area contributed by atoms with Crippen molar-refractivity contribution in [2.45, 2.75) is 91.1 Å². The Morgan fingerprint density at radius 3 is 2.26 bits per heavy atom. The van der Waals surface area contributed by atoms with Gasteiger partial charge in [0.25, 0.3) is 0 Å². The van der Waals surface area contributed by atoms with Crippen molar-refractivity contribution < 1.29 is 39.2 Å². The fourth-order valence-corrected chi connectivity index (χ4v) is 8.40. The zero-order valence-corrected chi connectivity index (χ0v) is 23.1. The summed E-state index contributed by atoms with van der Waals surface area (Å²) in [5, 5.41) is 31.1. The highest BCUT2D eigenvalue weighted by Crippen LogP contribution is 2.83. The maximum absolute atomic E-state index is 13.8. The predicted molar refractivity (Wildman–Crippen MR) is 139 cm³/mol. The summed E-state index contributed by atoms with van der Waals surface area (Å²) >= 11 is 0. The van der Waals surface area contributed by atoms with Gasteiger partial charge in [-0.15, -0.1) is 0 Å². The van der Waals surface area contributed by atoms with Gasteiger partial charge in [0.05, 0.1) is 35.4 Å². The minimum absolute atomic E-state index is 0.0731. The first-order valence-electron chi connectivity index (χ1n) is 13.6.